The molecule has 0 radical (unpaired) electrons. The summed E-state index contributed by atoms with van der Waals surface area (Å²) in [6, 6.07) is 9.56. The molecule has 1 aromatic carbocycles. The third-order valence-corrected chi connectivity index (χ3v) is 2.81. The molecule has 0 atom stereocenters. The Morgan fingerprint density at radius 3 is 2.36 bits per heavy atom. The van der Waals surface area contributed by atoms with Gasteiger partial charge >= 0.3 is 0 Å². The second-order valence-corrected chi connectivity index (χ2v) is 3.91. The van der Waals surface area contributed by atoms with Gasteiger partial charge in [-0.25, -0.2) is 0 Å². The predicted molar refractivity (Wildman–Crippen MR) is 59.3 cm³/mol. The molecular weight excluding hydrogens is 172 g/mol. The second-order valence-electron chi connectivity index (χ2n) is 3.91. The zero-order chi connectivity index (χ0) is 9.80. The van der Waals surface area contributed by atoms with Crippen LogP contribution in [0.2, 0.25) is 0 Å². The summed E-state index contributed by atoms with van der Waals surface area (Å²) in [6.07, 6.45) is 1.13. The Morgan fingerprint density at radius 1 is 1.21 bits per heavy atom. The number of aryl methyl sites for hydroxylation is 1. The van der Waals surface area contributed by atoms with E-state index in [1.54, 1.807) is 0 Å². The van der Waals surface area contributed by atoms with Crippen LogP contribution in [0.4, 0.5) is 0 Å². The molecule has 1 saturated heterocycles. The Labute approximate surface area is 85.7 Å². The van der Waals surface area contributed by atoms with Gasteiger partial charge in [0.25, 0.3) is 0 Å². The first kappa shape index (κ1) is 9.69. The minimum Gasteiger partial charge on any atom is -0.314 e. The van der Waals surface area contributed by atoms with Crippen LogP contribution in [0.5, 0.6) is 0 Å². The van der Waals surface area contributed by atoms with E-state index in [1.807, 2.05) is 0 Å². The molecule has 0 aromatic heterocycles. The summed E-state index contributed by atoms with van der Waals surface area (Å²) in [5, 5.41) is 6.76. The van der Waals surface area contributed by atoms with Crippen LogP contribution < -0.4 is 10.6 Å². The van der Waals surface area contributed by atoms with E-state index in [2.05, 4.69) is 41.8 Å². The number of hydrogen-bond acceptors (Lipinski definition) is 2. The quantitative estimate of drug-likeness (QED) is 0.748. The highest BCUT2D eigenvalue weighted by Gasteiger charge is 2.14. The molecule has 1 aliphatic heterocycles. The van der Waals surface area contributed by atoms with Crippen molar-refractivity contribution in [3.05, 3.63) is 35.4 Å². The van der Waals surface area contributed by atoms with E-state index < -0.39 is 0 Å². The maximum absolute atomic E-state index is 3.51. The molecule has 0 saturated carbocycles. The summed E-state index contributed by atoms with van der Waals surface area (Å²) in [4.78, 5) is 0. The zero-order valence-corrected chi connectivity index (χ0v) is 8.72. The normalized spacial score (nSPS) is 16.6. The average Bonchev–Trinajstić information content (AvgIpc) is 2.16. The van der Waals surface area contributed by atoms with Crippen LogP contribution in [-0.2, 0) is 13.0 Å². The first-order valence-corrected chi connectivity index (χ1v) is 5.40. The van der Waals surface area contributed by atoms with Crippen molar-refractivity contribution in [2.45, 2.75) is 25.9 Å². The summed E-state index contributed by atoms with van der Waals surface area (Å²) in [5.41, 5.74) is 2.80. The maximum atomic E-state index is 3.51. The van der Waals surface area contributed by atoms with Crippen LogP contribution in [0.3, 0.4) is 0 Å². The van der Waals surface area contributed by atoms with Crippen LogP contribution in [0.15, 0.2) is 24.3 Å². The van der Waals surface area contributed by atoms with Crippen molar-refractivity contribution in [1.29, 1.82) is 0 Å². The van der Waals surface area contributed by atoms with Gasteiger partial charge in [0.2, 0.25) is 0 Å². The largest absolute Gasteiger partial charge is 0.314 e. The lowest BCUT2D eigenvalue weighted by Gasteiger charge is -2.28. The van der Waals surface area contributed by atoms with Crippen molar-refractivity contribution >= 4 is 0 Å². The third kappa shape index (κ3) is 2.34. The van der Waals surface area contributed by atoms with Crippen molar-refractivity contribution in [1.82, 2.24) is 10.6 Å². The van der Waals surface area contributed by atoms with Crippen LogP contribution in [0.1, 0.15) is 18.1 Å². The van der Waals surface area contributed by atoms with Crippen LogP contribution in [0.25, 0.3) is 0 Å². The standard InChI is InChI=1S/C12H18N2/c1-2-10-3-5-11(6-4-10)7-14-12-8-13-9-12/h3-6,12-14H,2,7-9H2,1H3. The molecule has 1 aliphatic rings. The van der Waals surface area contributed by atoms with E-state index in [9.17, 15) is 0 Å². The molecule has 2 heteroatoms. The average molecular weight is 190 g/mol. The molecule has 2 rings (SSSR count). The molecule has 1 heterocycles. The summed E-state index contributed by atoms with van der Waals surface area (Å²) in [6.45, 7) is 5.42. The molecule has 2 N–H and O–H groups in total. The lowest BCUT2D eigenvalue weighted by atomic mass is 10.1. The SMILES string of the molecule is CCc1ccc(CNC2CNC2)cc1. The van der Waals surface area contributed by atoms with Gasteiger partial charge in [-0.2, -0.15) is 0 Å². The van der Waals surface area contributed by atoms with Gasteiger partial charge in [-0.3, -0.25) is 0 Å². The molecule has 0 amide bonds. The maximum Gasteiger partial charge on any atom is 0.0320 e. The fraction of sp³-hybridized carbons (Fsp3) is 0.500. The van der Waals surface area contributed by atoms with Crippen molar-refractivity contribution in [2.24, 2.45) is 0 Å². The highest BCUT2D eigenvalue weighted by atomic mass is 15.1. The van der Waals surface area contributed by atoms with Gasteiger partial charge in [-0.05, 0) is 17.5 Å². The molecule has 2 nitrogen and oxygen atoms in total. The molecule has 1 fully saturated rings. The summed E-state index contributed by atoms with van der Waals surface area (Å²) in [7, 11) is 0. The first-order valence-electron chi connectivity index (χ1n) is 5.40. The van der Waals surface area contributed by atoms with E-state index in [-0.39, 0.29) is 0 Å². The van der Waals surface area contributed by atoms with Gasteiger partial charge in [0.15, 0.2) is 0 Å². The number of rotatable bonds is 4. The Bertz CT molecular complexity index is 275. The lowest BCUT2D eigenvalue weighted by Crippen LogP contribution is -2.54. The number of benzene rings is 1. The molecule has 0 unspecified atom stereocenters. The summed E-state index contributed by atoms with van der Waals surface area (Å²) < 4.78 is 0. The minimum atomic E-state index is 0.681. The van der Waals surface area contributed by atoms with Crippen LogP contribution in [0, 0.1) is 0 Å². The molecule has 0 bridgehead atoms. The molecule has 14 heavy (non-hydrogen) atoms. The van der Waals surface area contributed by atoms with Crippen molar-refractivity contribution in [3.63, 3.8) is 0 Å². The van der Waals surface area contributed by atoms with Gasteiger partial charge in [-0.1, -0.05) is 31.2 Å². The van der Waals surface area contributed by atoms with E-state index in [0.29, 0.717) is 6.04 Å². The lowest BCUT2D eigenvalue weighted by molar-refractivity contribution is 0.365. The Morgan fingerprint density at radius 2 is 1.86 bits per heavy atom. The summed E-state index contributed by atoms with van der Waals surface area (Å²) >= 11 is 0. The van der Waals surface area contributed by atoms with Gasteiger partial charge in [0, 0.05) is 25.7 Å². The number of hydrogen-bond donors (Lipinski definition) is 2. The minimum absolute atomic E-state index is 0.681. The van der Waals surface area contributed by atoms with E-state index in [0.717, 1.165) is 26.1 Å². The van der Waals surface area contributed by atoms with E-state index >= 15 is 0 Å². The molecule has 0 aliphatic carbocycles. The smallest absolute Gasteiger partial charge is 0.0320 e. The van der Waals surface area contributed by atoms with Gasteiger partial charge in [-0.15, -0.1) is 0 Å². The number of nitrogens with one attached hydrogen (secondary N) is 2. The van der Waals surface area contributed by atoms with Gasteiger partial charge < -0.3 is 10.6 Å². The van der Waals surface area contributed by atoms with Gasteiger partial charge in [0.1, 0.15) is 0 Å². The Hall–Kier alpha value is -0.860. The highest BCUT2D eigenvalue weighted by molar-refractivity contribution is 5.22. The van der Waals surface area contributed by atoms with Crippen LogP contribution >= 0.6 is 0 Å². The zero-order valence-electron chi connectivity index (χ0n) is 8.72. The fourth-order valence-corrected chi connectivity index (χ4v) is 1.59. The second kappa shape index (κ2) is 4.58. The first-order chi connectivity index (χ1) is 6.88. The van der Waals surface area contributed by atoms with Crippen molar-refractivity contribution < 1.29 is 0 Å². The third-order valence-electron chi connectivity index (χ3n) is 2.81. The monoisotopic (exact) mass is 190 g/mol. The van der Waals surface area contributed by atoms with Crippen molar-refractivity contribution in [3.8, 4) is 0 Å². The highest BCUT2D eigenvalue weighted by Crippen LogP contribution is 2.05. The summed E-state index contributed by atoms with van der Waals surface area (Å²) in [5.74, 6) is 0. The van der Waals surface area contributed by atoms with Crippen molar-refractivity contribution in [2.75, 3.05) is 13.1 Å². The molecule has 76 valence electrons. The van der Waals surface area contributed by atoms with Crippen LogP contribution in [-0.4, -0.2) is 19.1 Å². The molecular formula is C12H18N2. The molecule has 1 aromatic rings. The Kier molecular flexibility index (Phi) is 3.17. The van der Waals surface area contributed by atoms with E-state index in [1.165, 1.54) is 11.1 Å². The Balaban J connectivity index is 1.83. The predicted octanol–water partition coefficient (Wildman–Crippen LogP) is 1.31. The fourth-order valence-electron chi connectivity index (χ4n) is 1.59. The molecule has 0 spiro atoms. The topological polar surface area (TPSA) is 24.1 Å². The van der Waals surface area contributed by atoms with Gasteiger partial charge in [0.05, 0.1) is 0 Å². The van der Waals surface area contributed by atoms with E-state index in [4.69, 9.17) is 0 Å².